The first kappa shape index (κ1) is 14.3. The Hall–Kier alpha value is -1.75. The summed E-state index contributed by atoms with van der Waals surface area (Å²) in [4.78, 5) is 11.9. The van der Waals surface area contributed by atoms with Gasteiger partial charge < -0.3 is 19.9 Å². The Morgan fingerprint density at radius 1 is 1.44 bits per heavy atom. The SMILES string of the molecule is COCCC(C)NC(=O)c1cc(OC)ccc1O. The van der Waals surface area contributed by atoms with Gasteiger partial charge in [0.25, 0.3) is 5.91 Å². The summed E-state index contributed by atoms with van der Waals surface area (Å²) < 4.78 is 9.96. The molecule has 0 aromatic heterocycles. The molecule has 1 aromatic carbocycles. The molecule has 100 valence electrons. The second-order valence-corrected chi connectivity index (χ2v) is 4.04. The summed E-state index contributed by atoms with van der Waals surface area (Å²) in [6, 6.07) is 4.52. The third-order valence-corrected chi connectivity index (χ3v) is 2.58. The van der Waals surface area contributed by atoms with Crippen LogP contribution in [0.3, 0.4) is 0 Å². The standard InChI is InChI=1S/C13H19NO4/c1-9(6-7-17-2)14-13(16)11-8-10(18-3)4-5-12(11)15/h4-5,8-9,15H,6-7H2,1-3H3,(H,14,16). The monoisotopic (exact) mass is 253 g/mol. The molecule has 5 heteroatoms. The van der Waals surface area contributed by atoms with Gasteiger partial charge in [-0.3, -0.25) is 4.79 Å². The Bertz CT molecular complexity index is 406. The third-order valence-electron chi connectivity index (χ3n) is 2.58. The normalized spacial score (nSPS) is 11.9. The minimum Gasteiger partial charge on any atom is -0.507 e. The first-order valence-electron chi connectivity index (χ1n) is 5.75. The smallest absolute Gasteiger partial charge is 0.255 e. The molecular weight excluding hydrogens is 234 g/mol. The van der Waals surface area contributed by atoms with Crippen molar-refractivity contribution in [1.82, 2.24) is 5.32 Å². The number of nitrogens with one attached hydrogen (secondary N) is 1. The van der Waals surface area contributed by atoms with Crippen molar-refractivity contribution in [3.8, 4) is 11.5 Å². The molecule has 5 nitrogen and oxygen atoms in total. The van der Waals surface area contributed by atoms with Crippen LogP contribution in [0.25, 0.3) is 0 Å². The highest BCUT2D eigenvalue weighted by atomic mass is 16.5. The number of carbonyl (C=O) groups excluding carboxylic acids is 1. The molecule has 0 bridgehead atoms. The van der Waals surface area contributed by atoms with E-state index in [4.69, 9.17) is 9.47 Å². The van der Waals surface area contributed by atoms with Crippen LogP contribution in [0, 0.1) is 0 Å². The number of phenols is 1. The number of hydrogen-bond donors (Lipinski definition) is 2. The lowest BCUT2D eigenvalue weighted by atomic mass is 10.1. The number of methoxy groups -OCH3 is 2. The second-order valence-electron chi connectivity index (χ2n) is 4.04. The van der Waals surface area contributed by atoms with Crippen LogP contribution in [0.15, 0.2) is 18.2 Å². The first-order chi connectivity index (χ1) is 8.58. The van der Waals surface area contributed by atoms with Crippen molar-refractivity contribution in [3.63, 3.8) is 0 Å². The van der Waals surface area contributed by atoms with Gasteiger partial charge in [0.15, 0.2) is 0 Å². The Morgan fingerprint density at radius 2 is 2.17 bits per heavy atom. The quantitative estimate of drug-likeness (QED) is 0.807. The molecule has 0 aliphatic heterocycles. The highest BCUT2D eigenvalue weighted by molar-refractivity contribution is 5.97. The number of phenolic OH excluding ortho intramolecular Hbond substituents is 1. The van der Waals surface area contributed by atoms with Crippen LogP contribution in [-0.2, 0) is 4.74 Å². The Kier molecular flexibility index (Phi) is 5.45. The molecule has 0 spiro atoms. The van der Waals surface area contributed by atoms with Crippen molar-refractivity contribution in [2.24, 2.45) is 0 Å². The van der Waals surface area contributed by atoms with Gasteiger partial charge in [-0.2, -0.15) is 0 Å². The first-order valence-corrected chi connectivity index (χ1v) is 5.75. The molecule has 0 heterocycles. The fourth-order valence-electron chi connectivity index (χ4n) is 1.49. The van der Waals surface area contributed by atoms with E-state index in [1.54, 1.807) is 13.2 Å². The zero-order valence-electron chi connectivity index (χ0n) is 10.9. The number of amides is 1. The van der Waals surface area contributed by atoms with E-state index in [2.05, 4.69) is 5.32 Å². The molecule has 1 rings (SSSR count). The zero-order chi connectivity index (χ0) is 13.5. The lowest BCUT2D eigenvalue weighted by Gasteiger charge is -2.14. The van der Waals surface area contributed by atoms with Crippen LogP contribution in [-0.4, -0.2) is 37.9 Å². The fourth-order valence-corrected chi connectivity index (χ4v) is 1.49. The molecule has 1 amide bonds. The molecule has 0 saturated heterocycles. The summed E-state index contributed by atoms with van der Waals surface area (Å²) in [5.41, 5.74) is 0.207. The van der Waals surface area contributed by atoms with Crippen LogP contribution in [0.2, 0.25) is 0 Å². The summed E-state index contributed by atoms with van der Waals surface area (Å²) in [7, 11) is 3.12. The number of aromatic hydroxyl groups is 1. The largest absolute Gasteiger partial charge is 0.507 e. The molecule has 0 fully saturated rings. The topological polar surface area (TPSA) is 67.8 Å². The molecule has 1 aromatic rings. The molecule has 1 atom stereocenters. The van der Waals surface area contributed by atoms with Gasteiger partial charge in [0.05, 0.1) is 12.7 Å². The van der Waals surface area contributed by atoms with Crippen molar-refractivity contribution in [3.05, 3.63) is 23.8 Å². The third kappa shape index (κ3) is 3.92. The molecule has 0 saturated carbocycles. The summed E-state index contributed by atoms with van der Waals surface area (Å²) in [5, 5.41) is 12.4. The highest BCUT2D eigenvalue weighted by Crippen LogP contribution is 2.22. The van der Waals surface area contributed by atoms with Gasteiger partial charge in [0.1, 0.15) is 11.5 Å². The van der Waals surface area contributed by atoms with Crippen LogP contribution < -0.4 is 10.1 Å². The van der Waals surface area contributed by atoms with Crippen molar-refractivity contribution in [2.75, 3.05) is 20.8 Å². The van der Waals surface area contributed by atoms with Crippen molar-refractivity contribution >= 4 is 5.91 Å². The predicted molar refractivity (Wildman–Crippen MR) is 68.1 cm³/mol. The minimum absolute atomic E-state index is 0.0250. The average molecular weight is 253 g/mol. The lowest BCUT2D eigenvalue weighted by molar-refractivity contribution is 0.0926. The van der Waals surface area contributed by atoms with Crippen LogP contribution in [0.5, 0.6) is 11.5 Å². The summed E-state index contributed by atoms with van der Waals surface area (Å²) in [5.74, 6) is 0.143. The zero-order valence-corrected chi connectivity index (χ0v) is 10.9. The van der Waals surface area contributed by atoms with Gasteiger partial charge in [-0.1, -0.05) is 0 Å². The Labute approximate surface area is 107 Å². The van der Waals surface area contributed by atoms with Gasteiger partial charge in [-0.25, -0.2) is 0 Å². The number of benzene rings is 1. The van der Waals surface area contributed by atoms with Gasteiger partial charge in [0.2, 0.25) is 0 Å². The number of rotatable bonds is 6. The molecule has 0 radical (unpaired) electrons. The fraction of sp³-hybridized carbons (Fsp3) is 0.462. The van der Waals surface area contributed by atoms with Gasteiger partial charge in [-0.15, -0.1) is 0 Å². The van der Waals surface area contributed by atoms with Gasteiger partial charge in [0, 0.05) is 19.8 Å². The van der Waals surface area contributed by atoms with Crippen LogP contribution in [0.4, 0.5) is 0 Å². The summed E-state index contributed by atoms with van der Waals surface area (Å²) in [6.07, 6.45) is 0.715. The van der Waals surface area contributed by atoms with E-state index in [0.29, 0.717) is 18.8 Å². The maximum Gasteiger partial charge on any atom is 0.255 e. The van der Waals surface area contributed by atoms with Crippen molar-refractivity contribution < 1.29 is 19.4 Å². The van der Waals surface area contributed by atoms with E-state index in [9.17, 15) is 9.90 Å². The van der Waals surface area contributed by atoms with Crippen molar-refractivity contribution in [2.45, 2.75) is 19.4 Å². The Balaban J connectivity index is 2.71. The molecule has 2 N–H and O–H groups in total. The Morgan fingerprint density at radius 3 is 2.78 bits per heavy atom. The van der Waals surface area contributed by atoms with E-state index < -0.39 is 0 Å². The van der Waals surface area contributed by atoms with E-state index in [0.717, 1.165) is 0 Å². The number of ether oxygens (including phenoxy) is 2. The molecular formula is C13H19NO4. The maximum atomic E-state index is 11.9. The maximum absolute atomic E-state index is 11.9. The molecule has 18 heavy (non-hydrogen) atoms. The van der Waals surface area contributed by atoms with Crippen LogP contribution >= 0.6 is 0 Å². The van der Waals surface area contributed by atoms with E-state index in [1.165, 1.54) is 19.2 Å². The van der Waals surface area contributed by atoms with Gasteiger partial charge in [-0.05, 0) is 31.5 Å². The summed E-state index contributed by atoms with van der Waals surface area (Å²) in [6.45, 7) is 2.46. The summed E-state index contributed by atoms with van der Waals surface area (Å²) >= 11 is 0. The van der Waals surface area contributed by atoms with Gasteiger partial charge >= 0.3 is 0 Å². The van der Waals surface area contributed by atoms with Crippen LogP contribution in [0.1, 0.15) is 23.7 Å². The predicted octanol–water partition coefficient (Wildman–Crippen LogP) is 1.56. The van der Waals surface area contributed by atoms with E-state index >= 15 is 0 Å². The second kappa shape index (κ2) is 6.86. The molecule has 0 aliphatic rings. The molecule has 0 aliphatic carbocycles. The van der Waals surface area contributed by atoms with Crippen molar-refractivity contribution in [1.29, 1.82) is 0 Å². The number of carbonyl (C=O) groups is 1. The number of hydrogen-bond acceptors (Lipinski definition) is 4. The van der Waals surface area contributed by atoms with E-state index in [-0.39, 0.29) is 23.3 Å². The lowest BCUT2D eigenvalue weighted by Crippen LogP contribution is -2.33. The molecule has 1 unspecified atom stereocenters. The highest BCUT2D eigenvalue weighted by Gasteiger charge is 2.14. The average Bonchev–Trinajstić information content (AvgIpc) is 2.36. The minimum atomic E-state index is -0.324. The van der Waals surface area contributed by atoms with E-state index in [1.807, 2.05) is 6.92 Å².